The average molecular weight is 229 g/mol. The molecular formula is C15H19NO. The van der Waals surface area contributed by atoms with Crippen LogP contribution in [-0.2, 0) is 0 Å². The van der Waals surface area contributed by atoms with Gasteiger partial charge in [0, 0.05) is 5.56 Å². The van der Waals surface area contributed by atoms with E-state index in [2.05, 4.69) is 32.0 Å². The highest BCUT2D eigenvalue weighted by atomic mass is 16.3. The van der Waals surface area contributed by atoms with Gasteiger partial charge in [-0.2, -0.15) is 0 Å². The first-order valence-corrected chi connectivity index (χ1v) is 5.88. The minimum Gasteiger partial charge on any atom is -0.466 e. The Morgan fingerprint density at radius 3 is 2.24 bits per heavy atom. The van der Waals surface area contributed by atoms with Gasteiger partial charge in [-0.1, -0.05) is 23.8 Å². The van der Waals surface area contributed by atoms with Crippen LogP contribution in [0.2, 0.25) is 0 Å². The summed E-state index contributed by atoms with van der Waals surface area (Å²) in [6.45, 7) is 8.11. The van der Waals surface area contributed by atoms with E-state index in [-0.39, 0.29) is 6.04 Å². The van der Waals surface area contributed by atoms with Crippen molar-refractivity contribution in [3.8, 4) is 0 Å². The molecule has 0 aliphatic rings. The zero-order chi connectivity index (χ0) is 12.6. The van der Waals surface area contributed by atoms with Gasteiger partial charge in [0.15, 0.2) is 0 Å². The van der Waals surface area contributed by atoms with Crippen molar-refractivity contribution in [2.45, 2.75) is 33.7 Å². The highest BCUT2D eigenvalue weighted by molar-refractivity contribution is 5.39. The van der Waals surface area contributed by atoms with Crippen LogP contribution < -0.4 is 5.73 Å². The van der Waals surface area contributed by atoms with Gasteiger partial charge in [-0.15, -0.1) is 0 Å². The molecule has 2 heteroatoms. The molecule has 1 heterocycles. The Balaban J connectivity index is 2.43. The molecule has 2 nitrogen and oxygen atoms in total. The van der Waals surface area contributed by atoms with Crippen molar-refractivity contribution < 1.29 is 4.42 Å². The van der Waals surface area contributed by atoms with Gasteiger partial charge < -0.3 is 10.2 Å². The Bertz CT molecular complexity index is 540. The van der Waals surface area contributed by atoms with Crippen molar-refractivity contribution in [3.05, 3.63) is 58.0 Å². The number of nitrogens with two attached hydrogens (primary N) is 1. The summed E-state index contributed by atoms with van der Waals surface area (Å²) >= 11 is 0. The zero-order valence-electron chi connectivity index (χ0n) is 10.9. The number of aryl methyl sites for hydroxylation is 4. The van der Waals surface area contributed by atoms with E-state index in [1.165, 1.54) is 16.7 Å². The molecule has 2 N–H and O–H groups in total. The molecule has 2 aromatic rings. The van der Waals surface area contributed by atoms with Crippen molar-refractivity contribution in [2.75, 3.05) is 0 Å². The smallest absolute Gasteiger partial charge is 0.106 e. The summed E-state index contributed by atoms with van der Waals surface area (Å²) in [5.41, 5.74) is 11.1. The van der Waals surface area contributed by atoms with Gasteiger partial charge in [0.2, 0.25) is 0 Å². The molecule has 0 aliphatic heterocycles. The summed E-state index contributed by atoms with van der Waals surface area (Å²) in [5, 5.41) is 0. The second kappa shape index (κ2) is 4.38. The maximum atomic E-state index is 6.32. The molecule has 0 saturated heterocycles. The van der Waals surface area contributed by atoms with E-state index in [1.54, 1.807) is 0 Å². The molecule has 0 radical (unpaired) electrons. The summed E-state index contributed by atoms with van der Waals surface area (Å²) in [6, 6.07) is 8.30. The number of rotatable bonds is 2. The van der Waals surface area contributed by atoms with E-state index >= 15 is 0 Å². The molecule has 1 atom stereocenters. The largest absolute Gasteiger partial charge is 0.466 e. The molecule has 0 fully saturated rings. The molecule has 0 amide bonds. The van der Waals surface area contributed by atoms with Gasteiger partial charge in [-0.05, 0) is 44.9 Å². The average Bonchev–Trinajstić information content (AvgIpc) is 2.57. The van der Waals surface area contributed by atoms with Crippen molar-refractivity contribution >= 4 is 0 Å². The number of hydrogen-bond acceptors (Lipinski definition) is 2. The standard InChI is InChI=1S/C15H19NO/c1-9-5-6-13(10(2)7-9)15(16)14-8-11(3)17-12(14)4/h5-8,15H,16H2,1-4H3. The summed E-state index contributed by atoms with van der Waals surface area (Å²) in [4.78, 5) is 0. The fourth-order valence-corrected chi connectivity index (χ4v) is 2.30. The molecule has 0 spiro atoms. The van der Waals surface area contributed by atoms with Gasteiger partial charge in [0.25, 0.3) is 0 Å². The second-order valence-electron chi connectivity index (χ2n) is 4.71. The molecule has 90 valence electrons. The minimum atomic E-state index is -0.104. The lowest BCUT2D eigenvalue weighted by atomic mass is 9.95. The first-order chi connectivity index (χ1) is 7.99. The van der Waals surface area contributed by atoms with Crippen molar-refractivity contribution in [1.29, 1.82) is 0 Å². The van der Waals surface area contributed by atoms with Crippen molar-refractivity contribution in [3.63, 3.8) is 0 Å². The van der Waals surface area contributed by atoms with E-state index in [0.29, 0.717) is 0 Å². The van der Waals surface area contributed by atoms with Gasteiger partial charge in [0.1, 0.15) is 11.5 Å². The SMILES string of the molecule is Cc1ccc(C(N)c2cc(C)oc2C)c(C)c1. The fourth-order valence-electron chi connectivity index (χ4n) is 2.30. The summed E-state index contributed by atoms with van der Waals surface area (Å²) in [6.07, 6.45) is 0. The summed E-state index contributed by atoms with van der Waals surface area (Å²) in [7, 11) is 0. The monoisotopic (exact) mass is 229 g/mol. The third-order valence-corrected chi connectivity index (χ3v) is 3.17. The van der Waals surface area contributed by atoms with Crippen molar-refractivity contribution in [1.82, 2.24) is 0 Å². The Hall–Kier alpha value is -1.54. The van der Waals surface area contributed by atoms with E-state index in [0.717, 1.165) is 17.1 Å². The van der Waals surface area contributed by atoms with Crippen LogP contribution in [0.25, 0.3) is 0 Å². The van der Waals surface area contributed by atoms with Crippen LogP contribution >= 0.6 is 0 Å². The molecule has 1 aromatic heterocycles. The van der Waals surface area contributed by atoms with Crippen LogP contribution in [0.5, 0.6) is 0 Å². The number of furan rings is 1. The highest BCUT2D eigenvalue weighted by Gasteiger charge is 2.16. The molecule has 17 heavy (non-hydrogen) atoms. The van der Waals surface area contributed by atoms with Crippen LogP contribution in [0.3, 0.4) is 0 Å². The Kier molecular flexibility index (Phi) is 3.07. The predicted molar refractivity (Wildman–Crippen MR) is 70.1 cm³/mol. The second-order valence-corrected chi connectivity index (χ2v) is 4.71. The lowest BCUT2D eigenvalue weighted by molar-refractivity contribution is 0.499. The molecule has 1 aromatic carbocycles. The molecule has 0 bridgehead atoms. The van der Waals surface area contributed by atoms with Crippen LogP contribution in [0.1, 0.15) is 39.8 Å². The first-order valence-electron chi connectivity index (χ1n) is 5.88. The van der Waals surface area contributed by atoms with Gasteiger partial charge in [-0.3, -0.25) is 0 Å². The maximum Gasteiger partial charge on any atom is 0.106 e. The summed E-state index contributed by atoms with van der Waals surface area (Å²) < 4.78 is 5.54. The maximum absolute atomic E-state index is 6.32. The van der Waals surface area contributed by atoms with Crippen molar-refractivity contribution in [2.24, 2.45) is 5.73 Å². The third kappa shape index (κ3) is 2.27. The molecular weight excluding hydrogens is 210 g/mol. The molecule has 0 saturated carbocycles. The lowest BCUT2D eigenvalue weighted by Gasteiger charge is -2.14. The Labute approximate surface area is 102 Å². The molecule has 2 rings (SSSR count). The van der Waals surface area contributed by atoms with E-state index in [1.807, 2.05) is 19.9 Å². The van der Waals surface area contributed by atoms with Crippen LogP contribution in [0.4, 0.5) is 0 Å². The first kappa shape index (κ1) is 11.9. The fraction of sp³-hybridized carbons (Fsp3) is 0.333. The van der Waals surface area contributed by atoms with Crippen LogP contribution in [-0.4, -0.2) is 0 Å². The Morgan fingerprint density at radius 1 is 1.00 bits per heavy atom. The normalized spacial score (nSPS) is 12.8. The minimum absolute atomic E-state index is 0.104. The van der Waals surface area contributed by atoms with Gasteiger partial charge in [-0.25, -0.2) is 0 Å². The van der Waals surface area contributed by atoms with Gasteiger partial charge in [0.05, 0.1) is 6.04 Å². The molecule has 1 unspecified atom stereocenters. The van der Waals surface area contributed by atoms with E-state index in [4.69, 9.17) is 10.2 Å². The topological polar surface area (TPSA) is 39.2 Å². The number of hydrogen-bond donors (Lipinski definition) is 1. The van der Waals surface area contributed by atoms with Gasteiger partial charge >= 0.3 is 0 Å². The predicted octanol–water partition coefficient (Wildman–Crippen LogP) is 3.56. The summed E-state index contributed by atoms with van der Waals surface area (Å²) in [5.74, 6) is 1.83. The van der Waals surface area contributed by atoms with Crippen LogP contribution in [0.15, 0.2) is 28.7 Å². The van der Waals surface area contributed by atoms with E-state index < -0.39 is 0 Å². The third-order valence-electron chi connectivity index (χ3n) is 3.17. The Morgan fingerprint density at radius 2 is 1.71 bits per heavy atom. The highest BCUT2D eigenvalue weighted by Crippen LogP contribution is 2.27. The molecule has 0 aliphatic carbocycles. The van der Waals surface area contributed by atoms with E-state index in [9.17, 15) is 0 Å². The lowest BCUT2D eigenvalue weighted by Crippen LogP contribution is -2.13. The number of benzene rings is 1. The van der Waals surface area contributed by atoms with Crippen LogP contribution in [0, 0.1) is 27.7 Å². The zero-order valence-corrected chi connectivity index (χ0v) is 10.9. The quantitative estimate of drug-likeness (QED) is 0.855.